The highest BCUT2D eigenvalue weighted by Crippen LogP contribution is 2.41. The summed E-state index contributed by atoms with van der Waals surface area (Å²) in [6.07, 6.45) is 4.35. The van der Waals surface area contributed by atoms with E-state index in [0.29, 0.717) is 5.92 Å². The minimum Gasteiger partial charge on any atom is -0.385 e. The lowest BCUT2D eigenvalue weighted by atomic mass is 9.71. The second-order valence-corrected chi connectivity index (χ2v) is 5.42. The molecular formula is C15H23ClNO. The van der Waals surface area contributed by atoms with Crippen LogP contribution in [0, 0.1) is 12.0 Å². The van der Waals surface area contributed by atoms with Crippen LogP contribution in [0.15, 0.2) is 24.3 Å². The minimum atomic E-state index is -0.652. The number of hydrogen-bond donors (Lipinski definition) is 1. The van der Waals surface area contributed by atoms with Crippen LogP contribution < -0.4 is 0 Å². The molecule has 1 N–H and O–H groups in total. The van der Waals surface area contributed by atoms with Gasteiger partial charge in [-0.3, -0.25) is 0 Å². The Morgan fingerprint density at radius 3 is 2.83 bits per heavy atom. The molecule has 1 aliphatic rings. The molecular weight excluding hydrogens is 246 g/mol. The van der Waals surface area contributed by atoms with Gasteiger partial charge >= 0.3 is 0 Å². The first-order chi connectivity index (χ1) is 8.13. The third-order valence-electron chi connectivity index (χ3n) is 3.83. The van der Waals surface area contributed by atoms with Gasteiger partial charge in [0.25, 0.3) is 0 Å². The molecule has 1 aromatic rings. The van der Waals surface area contributed by atoms with E-state index in [1.54, 1.807) is 0 Å². The predicted molar refractivity (Wildman–Crippen MR) is 76.9 cm³/mol. The predicted octanol–water partition coefficient (Wildman–Crippen LogP) is 2.85. The molecule has 0 aliphatic heterocycles. The molecule has 3 heteroatoms. The summed E-state index contributed by atoms with van der Waals surface area (Å²) in [5.74, 6) is 0.335. The van der Waals surface area contributed by atoms with E-state index in [9.17, 15) is 5.11 Å². The lowest BCUT2D eigenvalue weighted by molar-refractivity contribution is -0.0618. The molecule has 0 aromatic heterocycles. The zero-order chi connectivity index (χ0) is 12.3. The highest BCUT2D eigenvalue weighted by molar-refractivity contribution is 5.85. The number of benzene rings is 1. The largest absolute Gasteiger partial charge is 0.385 e. The monoisotopic (exact) mass is 268 g/mol. The van der Waals surface area contributed by atoms with Gasteiger partial charge < -0.3 is 10.0 Å². The van der Waals surface area contributed by atoms with Gasteiger partial charge in [0, 0.05) is 12.5 Å². The van der Waals surface area contributed by atoms with Crippen molar-refractivity contribution in [3.05, 3.63) is 35.9 Å². The standard InChI is InChI=1S/C15H22NO.ClH/c1-16(2)12-14-10-6-7-11-15(14,17)13-8-4-3-5-9-13;/h3-4,8-9,14,17H,6-7,10-12H2,1-2H3;1H. The molecule has 0 heterocycles. The number of rotatable bonds is 3. The fourth-order valence-corrected chi connectivity index (χ4v) is 2.95. The van der Waals surface area contributed by atoms with Crippen molar-refractivity contribution < 1.29 is 5.11 Å². The first-order valence-corrected chi connectivity index (χ1v) is 6.46. The molecule has 0 amide bonds. The Morgan fingerprint density at radius 1 is 1.44 bits per heavy atom. The average Bonchev–Trinajstić information content (AvgIpc) is 2.33. The fraction of sp³-hybridized carbons (Fsp3) is 0.600. The van der Waals surface area contributed by atoms with Crippen molar-refractivity contribution in [1.29, 1.82) is 0 Å². The smallest absolute Gasteiger partial charge is 0.0936 e. The third kappa shape index (κ3) is 3.25. The van der Waals surface area contributed by atoms with Gasteiger partial charge in [-0.2, -0.15) is 0 Å². The minimum absolute atomic E-state index is 0. The van der Waals surface area contributed by atoms with Crippen molar-refractivity contribution in [2.24, 2.45) is 5.92 Å². The Labute approximate surface area is 116 Å². The average molecular weight is 269 g/mol. The lowest BCUT2D eigenvalue weighted by Crippen LogP contribution is -2.43. The number of hydrogen-bond acceptors (Lipinski definition) is 2. The zero-order valence-electron chi connectivity index (χ0n) is 11.2. The van der Waals surface area contributed by atoms with Gasteiger partial charge in [0.05, 0.1) is 5.60 Å². The van der Waals surface area contributed by atoms with Gasteiger partial charge in [0.1, 0.15) is 0 Å². The van der Waals surface area contributed by atoms with E-state index in [0.717, 1.165) is 31.4 Å². The summed E-state index contributed by atoms with van der Waals surface area (Å²) >= 11 is 0. The van der Waals surface area contributed by atoms with Crippen molar-refractivity contribution >= 4 is 12.4 Å². The highest BCUT2D eigenvalue weighted by Gasteiger charge is 2.40. The van der Waals surface area contributed by atoms with E-state index in [4.69, 9.17) is 0 Å². The Morgan fingerprint density at radius 2 is 2.22 bits per heavy atom. The molecule has 0 spiro atoms. The Balaban J connectivity index is 0.00000162. The molecule has 2 rings (SSSR count). The molecule has 1 aliphatic carbocycles. The second-order valence-electron chi connectivity index (χ2n) is 5.42. The molecule has 1 radical (unpaired) electrons. The van der Waals surface area contributed by atoms with Gasteiger partial charge in [0.15, 0.2) is 0 Å². The Bertz CT molecular complexity index is 355. The summed E-state index contributed by atoms with van der Waals surface area (Å²) in [5, 5.41) is 11.0. The van der Waals surface area contributed by atoms with Crippen LogP contribution in [0.4, 0.5) is 0 Å². The van der Waals surface area contributed by atoms with Crippen LogP contribution in [0.1, 0.15) is 31.2 Å². The van der Waals surface area contributed by atoms with E-state index < -0.39 is 5.60 Å². The van der Waals surface area contributed by atoms with E-state index >= 15 is 0 Å². The maximum Gasteiger partial charge on any atom is 0.0936 e. The van der Waals surface area contributed by atoms with Crippen molar-refractivity contribution in [3.63, 3.8) is 0 Å². The van der Waals surface area contributed by atoms with Crippen molar-refractivity contribution in [3.8, 4) is 0 Å². The third-order valence-corrected chi connectivity index (χ3v) is 3.83. The first kappa shape index (κ1) is 15.5. The molecule has 1 fully saturated rings. The quantitative estimate of drug-likeness (QED) is 0.911. The fourth-order valence-electron chi connectivity index (χ4n) is 2.95. The van der Waals surface area contributed by atoms with E-state index in [1.165, 1.54) is 6.42 Å². The van der Waals surface area contributed by atoms with E-state index in [-0.39, 0.29) is 12.4 Å². The summed E-state index contributed by atoms with van der Waals surface area (Å²) in [6.45, 7) is 0.950. The summed E-state index contributed by atoms with van der Waals surface area (Å²) in [6, 6.07) is 10.9. The maximum atomic E-state index is 11.0. The molecule has 0 saturated heterocycles. The molecule has 18 heavy (non-hydrogen) atoms. The van der Waals surface area contributed by atoms with E-state index in [1.807, 2.05) is 24.3 Å². The lowest BCUT2D eigenvalue weighted by Gasteiger charge is -2.41. The molecule has 2 unspecified atom stereocenters. The van der Waals surface area contributed by atoms with Crippen molar-refractivity contribution in [1.82, 2.24) is 4.90 Å². The van der Waals surface area contributed by atoms with Crippen LogP contribution in [0.2, 0.25) is 0 Å². The normalized spacial score (nSPS) is 27.9. The summed E-state index contributed by atoms with van der Waals surface area (Å²) < 4.78 is 0. The van der Waals surface area contributed by atoms with Crippen LogP contribution in [-0.2, 0) is 5.60 Å². The number of nitrogens with zero attached hydrogens (tertiary/aromatic N) is 1. The highest BCUT2D eigenvalue weighted by atomic mass is 35.5. The van der Waals surface area contributed by atoms with Crippen molar-refractivity contribution in [2.75, 3.05) is 20.6 Å². The summed E-state index contributed by atoms with van der Waals surface area (Å²) in [5.41, 5.74) is 0.381. The zero-order valence-corrected chi connectivity index (χ0v) is 12.0. The number of aliphatic hydroxyl groups is 1. The topological polar surface area (TPSA) is 23.5 Å². The van der Waals surface area contributed by atoms with Gasteiger partial charge in [0.2, 0.25) is 0 Å². The maximum absolute atomic E-state index is 11.0. The summed E-state index contributed by atoms with van der Waals surface area (Å²) in [4.78, 5) is 2.17. The molecule has 1 aromatic carbocycles. The Hall–Kier alpha value is -0.570. The van der Waals surface area contributed by atoms with Crippen LogP contribution in [-0.4, -0.2) is 30.6 Å². The first-order valence-electron chi connectivity index (χ1n) is 6.46. The Kier molecular flexibility index (Phi) is 5.64. The molecule has 1 saturated carbocycles. The van der Waals surface area contributed by atoms with Crippen LogP contribution in [0.3, 0.4) is 0 Å². The molecule has 0 bridgehead atoms. The van der Waals surface area contributed by atoms with Gasteiger partial charge in [-0.25, -0.2) is 0 Å². The van der Waals surface area contributed by atoms with Gasteiger partial charge in [-0.05, 0) is 44.6 Å². The molecule has 101 valence electrons. The molecule has 2 nitrogen and oxygen atoms in total. The van der Waals surface area contributed by atoms with Crippen LogP contribution >= 0.6 is 12.4 Å². The molecule has 2 atom stereocenters. The van der Waals surface area contributed by atoms with Crippen LogP contribution in [0.5, 0.6) is 0 Å². The van der Waals surface area contributed by atoms with E-state index in [2.05, 4.69) is 25.1 Å². The second kappa shape index (κ2) is 6.55. The van der Waals surface area contributed by atoms with Gasteiger partial charge in [-0.15, -0.1) is 12.4 Å². The summed E-state index contributed by atoms with van der Waals surface area (Å²) in [7, 11) is 4.15. The SMILES string of the molecule is CN(C)CC1CCCCC1(O)c1c[c]ccc1.Cl. The van der Waals surface area contributed by atoms with Crippen molar-refractivity contribution in [2.45, 2.75) is 31.3 Å². The van der Waals surface area contributed by atoms with Gasteiger partial charge in [-0.1, -0.05) is 31.0 Å². The van der Waals surface area contributed by atoms with Crippen LogP contribution in [0.25, 0.3) is 0 Å². The number of halogens is 1.